The summed E-state index contributed by atoms with van der Waals surface area (Å²) in [5.41, 5.74) is 0.687. The molecule has 2 atom stereocenters. The predicted molar refractivity (Wildman–Crippen MR) is 124 cm³/mol. The summed E-state index contributed by atoms with van der Waals surface area (Å²) < 4.78 is 4.89. The van der Waals surface area contributed by atoms with Crippen LogP contribution in [0.3, 0.4) is 0 Å². The first-order valence-corrected chi connectivity index (χ1v) is 12.0. The molecule has 8 heteroatoms. The second-order valence-corrected chi connectivity index (χ2v) is 8.79. The molecule has 1 aromatic rings. The van der Waals surface area contributed by atoms with Crippen LogP contribution in [0.2, 0.25) is 0 Å². The lowest BCUT2D eigenvalue weighted by atomic mass is 9.83. The Balaban J connectivity index is 2.05. The summed E-state index contributed by atoms with van der Waals surface area (Å²) in [6.45, 7) is 0.153. The lowest BCUT2D eigenvalue weighted by Gasteiger charge is -2.31. The van der Waals surface area contributed by atoms with Crippen LogP contribution in [0.25, 0.3) is 0 Å². The highest BCUT2D eigenvalue weighted by molar-refractivity contribution is 5.91. The highest BCUT2D eigenvalue weighted by Gasteiger charge is 2.33. The third-order valence-corrected chi connectivity index (χ3v) is 6.18. The summed E-state index contributed by atoms with van der Waals surface area (Å²) in [7, 11) is 1.27. The van der Waals surface area contributed by atoms with Gasteiger partial charge in [-0.1, -0.05) is 44.2 Å². The van der Waals surface area contributed by atoms with E-state index in [0.717, 1.165) is 51.4 Å². The number of phenolic OH excluding ortho intramolecular Hbond substituents is 1. The third kappa shape index (κ3) is 9.42. The van der Waals surface area contributed by atoms with Crippen LogP contribution in [0.15, 0.2) is 24.3 Å². The Labute approximate surface area is 196 Å². The van der Waals surface area contributed by atoms with Crippen LogP contribution < -0.4 is 10.6 Å². The van der Waals surface area contributed by atoms with Crippen LogP contribution in [0, 0.1) is 5.92 Å². The molecule has 0 spiro atoms. The van der Waals surface area contributed by atoms with Crippen molar-refractivity contribution in [3.63, 3.8) is 0 Å². The van der Waals surface area contributed by atoms with Crippen molar-refractivity contribution in [2.45, 2.75) is 82.7 Å². The van der Waals surface area contributed by atoms with E-state index < -0.39 is 18.1 Å². The Morgan fingerprint density at radius 2 is 1.79 bits per heavy atom. The van der Waals surface area contributed by atoms with E-state index in [1.54, 1.807) is 18.2 Å². The fraction of sp³-hybridized carbons (Fsp3) is 0.640. The molecule has 0 bridgehead atoms. The molecule has 0 saturated heterocycles. The maximum atomic E-state index is 13.3. The average Bonchev–Trinajstić information content (AvgIpc) is 2.82. The van der Waals surface area contributed by atoms with Crippen molar-refractivity contribution in [2.75, 3.05) is 13.7 Å². The summed E-state index contributed by atoms with van der Waals surface area (Å²) in [4.78, 5) is 38.2. The first kappa shape index (κ1) is 26.6. The molecule has 0 aromatic heterocycles. The molecular formula is C25H38N2O6. The monoisotopic (exact) mass is 462 g/mol. The van der Waals surface area contributed by atoms with E-state index in [1.807, 2.05) is 0 Å². The number of carbonyl (C=O) groups excluding carboxylic acids is 3. The molecule has 4 N–H and O–H groups in total. The highest BCUT2D eigenvalue weighted by atomic mass is 16.5. The second kappa shape index (κ2) is 14.5. The number of aliphatic hydroxyl groups excluding tert-OH is 1. The first-order chi connectivity index (χ1) is 15.9. The van der Waals surface area contributed by atoms with Gasteiger partial charge < -0.3 is 25.6 Å². The number of ether oxygens (including phenoxy) is 1. The molecule has 2 rings (SSSR count). The molecule has 1 aliphatic carbocycles. The van der Waals surface area contributed by atoms with Gasteiger partial charge in [0, 0.05) is 19.4 Å². The Morgan fingerprint density at radius 1 is 1.06 bits per heavy atom. The Bertz CT molecular complexity index is 763. The summed E-state index contributed by atoms with van der Waals surface area (Å²) in [6, 6.07) is 4.88. The molecule has 1 aliphatic rings. The average molecular weight is 463 g/mol. The molecule has 2 unspecified atom stereocenters. The first-order valence-electron chi connectivity index (χ1n) is 12.0. The van der Waals surface area contributed by atoms with Gasteiger partial charge in [-0.05, 0) is 49.3 Å². The molecule has 1 aromatic carbocycles. The van der Waals surface area contributed by atoms with Crippen LogP contribution in [0.4, 0.5) is 0 Å². The molecule has 184 valence electrons. The maximum Gasteiger partial charge on any atom is 0.328 e. The predicted octanol–water partition coefficient (Wildman–Crippen LogP) is 2.60. The Hall–Kier alpha value is -2.61. The van der Waals surface area contributed by atoms with Crippen molar-refractivity contribution in [2.24, 2.45) is 5.92 Å². The minimum Gasteiger partial charge on any atom is -0.508 e. The zero-order valence-corrected chi connectivity index (χ0v) is 19.6. The topological polar surface area (TPSA) is 125 Å². The number of phenols is 1. The minimum atomic E-state index is -0.925. The normalized spacial score (nSPS) is 15.9. The molecule has 0 heterocycles. The van der Waals surface area contributed by atoms with Gasteiger partial charge in [-0.2, -0.15) is 0 Å². The number of esters is 1. The molecule has 0 aliphatic heterocycles. The lowest BCUT2D eigenvalue weighted by Crippen LogP contribution is -2.55. The number of hydrogen-bond donors (Lipinski definition) is 4. The smallest absolute Gasteiger partial charge is 0.328 e. The molecule has 2 amide bonds. The van der Waals surface area contributed by atoms with Crippen molar-refractivity contribution in [1.29, 1.82) is 0 Å². The summed E-state index contributed by atoms with van der Waals surface area (Å²) in [6.07, 6.45) is 8.48. The zero-order chi connectivity index (χ0) is 24.1. The van der Waals surface area contributed by atoms with Crippen LogP contribution in [0.1, 0.15) is 69.8 Å². The summed E-state index contributed by atoms with van der Waals surface area (Å²) in [5, 5.41) is 24.3. The molecule has 0 radical (unpaired) electrons. The van der Waals surface area contributed by atoms with Gasteiger partial charge in [-0.25, -0.2) is 4.79 Å². The zero-order valence-electron chi connectivity index (χ0n) is 19.6. The number of carbonyl (C=O) groups is 3. The fourth-order valence-corrected chi connectivity index (χ4v) is 4.38. The number of unbranched alkanes of at least 4 members (excludes halogenated alkanes) is 3. The number of rotatable bonds is 13. The van der Waals surface area contributed by atoms with Crippen molar-refractivity contribution >= 4 is 17.8 Å². The van der Waals surface area contributed by atoms with Crippen molar-refractivity contribution in [3.8, 4) is 5.75 Å². The fourth-order valence-electron chi connectivity index (χ4n) is 4.38. The van der Waals surface area contributed by atoms with Crippen LogP contribution in [-0.4, -0.2) is 53.8 Å². The van der Waals surface area contributed by atoms with Crippen molar-refractivity contribution in [3.05, 3.63) is 29.8 Å². The quantitative estimate of drug-likeness (QED) is 0.264. The second-order valence-electron chi connectivity index (χ2n) is 8.79. The molecule has 1 saturated carbocycles. The van der Waals surface area contributed by atoms with Gasteiger partial charge >= 0.3 is 5.97 Å². The summed E-state index contributed by atoms with van der Waals surface area (Å²) in [5.74, 6) is -1.03. The summed E-state index contributed by atoms with van der Waals surface area (Å²) >= 11 is 0. The van der Waals surface area contributed by atoms with Crippen LogP contribution in [0.5, 0.6) is 5.75 Å². The number of nitrogens with one attached hydrogen (secondary N) is 2. The number of benzene rings is 1. The molecule has 33 heavy (non-hydrogen) atoms. The number of amides is 2. The van der Waals surface area contributed by atoms with Gasteiger partial charge in [0.1, 0.15) is 17.8 Å². The van der Waals surface area contributed by atoms with Crippen LogP contribution >= 0.6 is 0 Å². The van der Waals surface area contributed by atoms with Gasteiger partial charge in [0.25, 0.3) is 0 Å². The number of aromatic hydroxyl groups is 1. The van der Waals surface area contributed by atoms with E-state index in [-0.39, 0.29) is 36.5 Å². The van der Waals surface area contributed by atoms with E-state index in [9.17, 15) is 19.5 Å². The molecule has 8 nitrogen and oxygen atoms in total. The number of hydrogen-bond acceptors (Lipinski definition) is 6. The molecular weight excluding hydrogens is 424 g/mol. The number of methoxy groups -OCH3 is 1. The van der Waals surface area contributed by atoms with Gasteiger partial charge in [0.2, 0.25) is 11.8 Å². The molecule has 1 fully saturated rings. The van der Waals surface area contributed by atoms with E-state index >= 15 is 0 Å². The van der Waals surface area contributed by atoms with Crippen molar-refractivity contribution in [1.82, 2.24) is 10.6 Å². The van der Waals surface area contributed by atoms with Crippen molar-refractivity contribution < 1.29 is 29.3 Å². The number of aliphatic hydroxyl groups is 1. The van der Waals surface area contributed by atoms with E-state index in [4.69, 9.17) is 9.84 Å². The highest BCUT2D eigenvalue weighted by Crippen LogP contribution is 2.27. The van der Waals surface area contributed by atoms with Gasteiger partial charge in [-0.15, -0.1) is 0 Å². The standard InChI is InChI=1S/C25H38N2O6/c1-33-25(32)21(17-18-10-9-13-20(29)16-18)26-24(31)23(19-11-5-4-6-12-19)27-22(30)14-7-2-3-8-15-28/h9-10,13,16,19,21,23,28-29H,2-8,11-12,14-15,17H2,1H3,(H,26,31)(H,27,30). The van der Waals surface area contributed by atoms with E-state index in [0.29, 0.717) is 18.4 Å². The maximum absolute atomic E-state index is 13.3. The van der Waals surface area contributed by atoms with Crippen LogP contribution in [-0.2, 0) is 25.5 Å². The van der Waals surface area contributed by atoms with Gasteiger partial charge in [0.15, 0.2) is 0 Å². The largest absolute Gasteiger partial charge is 0.508 e. The van der Waals surface area contributed by atoms with E-state index in [2.05, 4.69) is 10.6 Å². The Kier molecular flexibility index (Phi) is 11.7. The SMILES string of the molecule is COC(=O)C(Cc1cccc(O)c1)NC(=O)C(NC(=O)CCCCCCO)C1CCCCC1. The lowest BCUT2D eigenvalue weighted by molar-refractivity contribution is -0.145. The third-order valence-electron chi connectivity index (χ3n) is 6.18. The van der Waals surface area contributed by atoms with E-state index in [1.165, 1.54) is 13.2 Å². The van der Waals surface area contributed by atoms with Gasteiger partial charge in [-0.3, -0.25) is 9.59 Å². The minimum absolute atomic E-state index is 0.0242. The van der Waals surface area contributed by atoms with Gasteiger partial charge in [0.05, 0.1) is 7.11 Å². The Morgan fingerprint density at radius 3 is 2.45 bits per heavy atom.